The lowest BCUT2D eigenvalue weighted by Crippen LogP contribution is -2.48. The zero-order chi connectivity index (χ0) is 20.5. The number of halogens is 3. The molecule has 150 valence electrons. The maximum atomic E-state index is 12.8. The van der Waals surface area contributed by atoms with E-state index in [1.807, 2.05) is 13.8 Å². The first-order chi connectivity index (χ1) is 13.2. The largest absolute Gasteiger partial charge is 0.416 e. The van der Waals surface area contributed by atoms with Crippen LogP contribution in [0, 0.1) is 6.92 Å². The molecule has 0 N–H and O–H groups in total. The third-order valence-electron chi connectivity index (χ3n) is 5.04. The minimum absolute atomic E-state index is 0.0553. The van der Waals surface area contributed by atoms with Crippen LogP contribution in [0.5, 0.6) is 0 Å². The van der Waals surface area contributed by atoms with Crippen molar-refractivity contribution >= 4 is 11.7 Å². The summed E-state index contributed by atoms with van der Waals surface area (Å²) < 4.78 is 38.4. The van der Waals surface area contributed by atoms with Crippen LogP contribution >= 0.6 is 0 Å². The van der Waals surface area contributed by atoms with Crippen molar-refractivity contribution in [2.24, 2.45) is 0 Å². The summed E-state index contributed by atoms with van der Waals surface area (Å²) >= 11 is 0. The normalized spacial score (nSPS) is 15.1. The molecule has 0 atom stereocenters. The predicted octanol–water partition coefficient (Wildman–Crippen LogP) is 3.70. The molecule has 1 aliphatic rings. The van der Waals surface area contributed by atoms with Gasteiger partial charge in [0.1, 0.15) is 5.82 Å². The summed E-state index contributed by atoms with van der Waals surface area (Å²) in [5.74, 6) is 1.26. The quantitative estimate of drug-likeness (QED) is 0.799. The van der Waals surface area contributed by atoms with Gasteiger partial charge in [0.05, 0.1) is 5.56 Å². The van der Waals surface area contributed by atoms with Gasteiger partial charge in [-0.25, -0.2) is 9.97 Å². The number of alkyl halides is 3. The maximum Gasteiger partial charge on any atom is 0.416 e. The summed E-state index contributed by atoms with van der Waals surface area (Å²) in [4.78, 5) is 24.7. The van der Waals surface area contributed by atoms with E-state index in [9.17, 15) is 18.0 Å². The van der Waals surface area contributed by atoms with Crippen LogP contribution in [0.25, 0.3) is 11.4 Å². The topological polar surface area (TPSA) is 49.3 Å². The average Bonchev–Trinajstić information content (AvgIpc) is 2.67. The first-order valence-corrected chi connectivity index (χ1v) is 9.26. The highest BCUT2D eigenvalue weighted by atomic mass is 19.4. The zero-order valence-electron chi connectivity index (χ0n) is 16.2. The number of anilines is 1. The molecule has 3 rings (SSSR count). The maximum absolute atomic E-state index is 12.8. The highest BCUT2D eigenvalue weighted by Gasteiger charge is 2.30. The van der Waals surface area contributed by atoms with Gasteiger partial charge in [0.2, 0.25) is 5.91 Å². The predicted molar refractivity (Wildman–Crippen MR) is 101 cm³/mol. The monoisotopic (exact) mass is 392 g/mol. The lowest BCUT2D eigenvalue weighted by Gasteiger charge is -2.36. The van der Waals surface area contributed by atoms with Crippen molar-refractivity contribution in [3.05, 3.63) is 41.1 Å². The molecule has 2 heterocycles. The molecule has 28 heavy (non-hydrogen) atoms. The number of aryl methyl sites for hydroxylation is 1. The van der Waals surface area contributed by atoms with E-state index in [2.05, 4.69) is 9.88 Å². The summed E-state index contributed by atoms with van der Waals surface area (Å²) in [5, 5.41) is 0. The Kier molecular flexibility index (Phi) is 5.58. The molecule has 0 saturated carbocycles. The number of aromatic nitrogens is 2. The highest BCUT2D eigenvalue weighted by molar-refractivity contribution is 5.73. The molecule has 1 aromatic heterocycles. The lowest BCUT2D eigenvalue weighted by atomic mass is 10.1. The Hall–Kier alpha value is -2.64. The highest BCUT2D eigenvalue weighted by Crippen LogP contribution is 2.31. The third kappa shape index (κ3) is 4.10. The fourth-order valence-electron chi connectivity index (χ4n) is 3.43. The number of hydrogen-bond acceptors (Lipinski definition) is 4. The minimum Gasteiger partial charge on any atom is -0.353 e. The third-order valence-corrected chi connectivity index (χ3v) is 5.04. The summed E-state index contributed by atoms with van der Waals surface area (Å²) in [6, 6.07) is 4.90. The van der Waals surface area contributed by atoms with Gasteiger partial charge in [-0.05, 0) is 25.5 Å². The van der Waals surface area contributed by atoms with Gasteiger partial charge in [0.25, 0.3) is 0 Å². The van der Waals surface area contributed by atoms with Crippen LogP contribution in [-0.4, -0.2) is 47.0 Å². The second-order valence-corrected chi connectivity index (χ2v) is 6.86. The molecule has 5 nitrogen and oxygen atoms in total. The number of nitrogens with zero attached hydrogens (tertiary/aromatic N) is 4. The molecule has 1 aliphatic heterocycles. The molecule has 1 saturated heterocycles. The van der Waals surface area contributed by atoms with Crippen LogP contribution < -0.4 is 4.90 Å². The fraction of sp³-hybridized carbons (Fsp3) is 0.450. The lowest BCUT2D eigenvalue weighted by molar-refractivity contribution is -0.137. The van der Waals surface area contributed by atoms with Gasteiger partial charge in [0, 0.05) is 49.9 Å². The van der Waals surface area contributed by atoms with Gasteiger partial charge in [-0.1, -0.05) is 19.1 Å². The van der Waals surface area contributed by atoms with Gasteiger partial charge < -0.3 is 9.80 Å². The molecule has 1 amide bonds. The van der Waals surface area contributed by atoms with Crippen LogP contribution in [0.2, 0.25) is 0 Å². The van der Waals surface area contributed by atoms with Crippen molar-refractivity contribution in [2.45, 2.75) is 33.4 Å². The van der Waals surface area contributed by atoms with E-state index in [-0.39, 0.29) is 5.91 Å². The Balaban J connectivity index is 1.93. The number of piperazine rings is 1. The van der Waals surface area contributed by atoms with E-state index < -0.39 is 11.7 Å². The summed E-state index contributed by atoms with van der Waals surface area (Å²) in [5.41, 5.74) is 1.68. The van der Waals surface area contributed by atoms with Crippen LogP contribution in [0.4, 0.5) is 19.0 Å². The molecule has 1 fully saturated rings. The minimum atomic E-state index is -4.37. The molecule has 1 aromatic carbocycles. The molecule has 0 radical (unpaired) electrons. The number of amides is 1. The van der Waals surface area contributed by atoms with Crippen molar-refractivity contribution in [1.29, 1.82) is 0 Å². The van der Waals surface area contributed by atoms with Crippen LogP contribution in [0.15, 0.2) is 24.3 Å². The molecule has 0 unspecified atom stereocenters. The van der Waals surface area contributed by atoms with Gasteiger partial charge in [-0.2, -0.15) is 13.2 Å². The summed E-state index contributed by atoms with van der Waals surface area (Å²) in [6.07, 6.45) is -3.62. The van der Waals surface area contributed by atoms with Gasteiger partial charge in [-0.15, -0.1) is 0 Å². The number of rotatable bonds is 3. The number of carbonyl (C=O) groups is 1. The Morgan fingerprint density at radius 2 is 1.68 bits per heavy atom. The average molecular weight is 392 g/mol. The van der Waals surface area contributed by atoms with E-state index in [1.165, 1.54) is 12.1 Å². The van der Waals surface area contributed by atoms with E-state index in [1.54, 1.807) is 11.8 Å². The molecule has 2 aromatic rings. The van der Waals surface area contributed by atoms with Gasteiger partial charge >= 0.3 is 6.18 Å². The van der Waals surface area contributed by atoms with E-state index in [0.717, 1.165) is 35.6 Å². The van der Waals surface area contributed by atoms with E-state index >= 15 is 0 Å². The first-order valence-electron chi connectivity index (χ1n) is 9.26. The molecule has 0 bridgehead atoms. The second-order valence-electron chi connectivity index (χ2n) is 6.86. The van der Waals surface area contributed by atoms with Crippen molar-refractivity contribution in [1.82, 2.24) is 14.9 Å². The zero-order valence-corrected chi connectivity index (χ0v) is 16.2. The van der Waals surface area contributed by atoms with E-state index in [0.29, 0.717) is 37.6 Å². The van der Waals surface area contributed by atoms with Crippen molar-refractivity contribution in [3.63, 3.8) is 0 Å². The van der Waals surface area contributed by atoms with Crippen molar-refractivity contribution in [2.75, 3.05) is 31.1 Å². The van der Waals surface area contributed by atoms with Gasteiger partial charge in [-0.3, -0.25) is 4.79 Å². The number of hydrogen-bond donors (Lipinski definition) is 0. The van der Waals surface area contributed by atoms with Crippen LogP contribution in [-0.2, 0) is 17.4 Å². The Morgan fingerprint density at radius 3 is 2.18 bits per heavy atom. The van der Waals surface area contributed by atoms with Crippen LogP contribution in [0.1, 0.15) is 30.7 Å². The van der Waals surface area contributed by atoms with E-state index in [4.69, 9.17) is 4.98 Å². The Labute approximate surface area is 162 Å². The molecular weight excluding hydrogens is 369 g/mol. The Bertz CT molecular complexity index is 857. The summed E-state index contributed by atoms with van der Waals surface area (Å²) in [7, 11) is 0. The molecule has 8 heteroatoms. The number of carbonyl (C=O) groups excluding carboxylic acids is 1. The smallest absolute Gasteiger partial charge is 0.353 e. The molecule has 0 aliphatic carbocycles. The second kappa shape index (κ2) is 7.77. The SMILES string of the molecule is CCc1c(C)nc(-c2ccc(C(F)(F)F)cc2)nc1N1CCN(C(C)=O)CC1. The first kappa shape index (κ1) is 20.1. The van der Waals surface area contributed by atoms with Crippen LogP contribution in [0.3, 0.4) is 0 Å². The Morgan fingerprint density at radius 1 is 1.07 bits per heavy atom. The fourth-order valence-corrected chi connectivity index (χ4v) is 3.43. The van der Waals surface area contributed by atoms with Crippen molar-refractivity contribution in [3.8, 4) is 11.4 Å². The van der Waals surface area contributed by atoms with Crippen molar-refractivity contribution < 1.29 is 18.0 Å². The molecular formula is C20H23F3N4O. The summed E-state index contributed by atoms with van der Waals surface area (Å²) in [6.45, 7) is 8.05. The standard InChI is InChI=1S/C20H23F3N4O/c1-4-17-13(2)24-18(15-5-7-16(8-6-15)20(21,22)23)25-19(17)27-11-9-26(10-12-27)14(3)28/h5-8H,4,9-12H2,1-3H3. The van der Waals surface area contributed by atoms with Gasteiger partial charge in [0.15, 0.2) is 5.82 Å². The molecule has 0 spiro atoms. The number of benzene rings is 1.